The maximum Gasteiger partial charge on any atom is 0.192 e. The van der Waals surface area contributed by atoms with Crippen LogP contribution in [0.2, 0.25) is 36.3 Å². The van der Waals surface area contributed by atoms with Crippen molar-refractivity contribution in [1.29, 1.82) is 0 Å². The van der Waals surface area contributed by atoms with E-state index in [0.29, 0.717) is 12.0 Å². The Kier molecular flexibility index (Phi) is 6.17. The van der Waals surface area contributed by atoms with Crippen molar-refractivity contribution < 1.29 is 9.22 Å². The van der Waals surface area contributed by atoms with Crippen molar-refractivity contribution in [3.05, 3.63) is 0 Å². The van der Waals surface area contributed by atoms with Gasteiger partial charge in [0, 0.05) is 12.6 Å². The summed E-state index contributed by atoms with van der Waals surface area (Å²) >= 11 is 0. The van der Waals surface area contributed by atoms with Crippen molar-refractivity contribution >= 4 is 16.6 Å². The SMILES string of the molecule is CC(C)(C[C@H]1CN[C@H](CO[Si](C)(C)C(C)(C)C)C1)[Si](C)(C)O. The molecular formula is C17H39NO2Si2. The van der Waals surface area contributed by atoms with Crippen LogP contribution in [0.1, 0.15) is 47.5 Å². The lowest BCUT2D eigenvalue weighted by molar-refractivity contribution is 0.250. The highest BCUT2D eigenvalue weighted by Gasteiger charge is 2.42. The van der Waals surface area contributed by atoms with Crippen LogP contribution in [-0.4, -0.2) is 40.6 Å². The first kappa shape index (κ1) is 20.4. The van der Waals surface area contributed by atoms with Crippen molar-refractivity contribution in [2.45, 2.75) is 89.8 Å². The van der Waals surface area contributed by atoms with Gasteiger partial charge in [0.25, 0.3) is 0 Å². The normalized spacial score (nSPS) is 24.8. The second-order valence-electron chi connectivity index (χ2n) is 9.93. The van der Waals surface area contributed by atoms with Gasteiger partial charge in [0.15, 0.2) is 16.6 Å². The number of hydrogen-bond acceptors (Lipinski definition) is 3. The minimum Gasteiger partial charge on any atom is -0.432 e. The molecule has 3 nitrogen and oxygen atoms in total. The van der Waals surface area contributed by atoms with Crippen LogP contribution in [0.25, 0.3) is 0 Å². The third-order valence-electron chi connectivity index (χ3n) is 6.22. The summed E-state index contributed by atoms with van der Waals surface area (Å²) in [5.41, 5.74) is 0. The molecule has 2 atom stereocenters. The number of hydrogen-bond donors (Lipinski definition) is 2. The number of nitrogens with one attached hydrogen (secondary N) is 1. The molecule has 0 unspecified atom stereocenters. The largest absolute Gasteiger partial charge is 0.432 e. The Morgan fingerprint density at radius 3 is 2.09 bits per heavy atom. The van der Waals surface area contributed by atoms with Gasteiger partial charge in [0.2, 0.25) is 0 Å². The maximum absolute atomic E-state index is 10.5. The average Bonchev–Trinajstić information content (AvgIpc) is 2.70. The summed E-state index contributed by atoms with van der Waals surface area (Å²) in [6, 6.07) is 0.485. The first-order chi connectivity index (χ1) is 9.66. The van der Waals surface area contributed by atoms with Crippen LogP contribution in [0, 0.1) is 5.92 Å². The van der Waals surface area contributed by atoms with Crippen LogP contribution in [-0.2, 0) is 4.43 Å². The van der Waals surface area contributed by atoms with E-state index in [9.17, 15) is 4.80 Å². The van der Waals surface area contributed by atoms with Crippen LogP contribution >= 0.6 is 0 Å². The summed E-state index contributed by atoms with van der Waals surface area (Å²) in [7, 11) is -3.74. The Morgan fingerprint density at radius 2 is 1.64 bits per heavy atom. The minimum atomic E-state index is -2.10. The van der Waals surface area contributed by atoms with Crippen LogP contribution in [0.4, 0.5) is 0 Å². The molecule has 1 heterocycles. The second-order valence-corrected chi connectivity index (χ2v) is 19.2. The van der Waals surface area contributed by atoms with Crippen molar-refractivity contribution in [2.75, 3.05) is 13.2 Å². The molecule has 0 spiro atoms. The Hall–Kier alpha value is 0.314. The number of rotatable bonds is 6. The van der Waals surface area contributed by atoms with Gasteiger partial charge in [-0.3, -0.25) is 0 Å². The van der Waals surface area contributed by atoms with Gasteiger partial charge in [-0.1, -0.05) is 34.6 Å². The lowest BCUT2D eigenvalue weighted by Gasteiger charge is -2.37. The molecule has 0 aromatic rings. The van der Waals surface area contributed by atoms with Gasteiger partial charge >= 0.3 is 0 Å². The first-order valence-corrected chi connectivity index (χ1v) is 14.6. The molecule has 0 bridgehead atoms. The molecular weight excluding hydrogens is 306 g/mol. The summed E-state index contributed by atoms with van der Waals surface area (Å²) in [6.45, 7) is 22.0. The Labute approximate surface area is 140 Å². The zero-order valence-electron chi connectivity index (χ0n) is 16.3. The lowest BCUT2D eigenvalue weighted by atomic mass is 9.94. The smallest absolute Gasteiger partial charge is 0.192 e. The van der Waals surface area contributed by atoms with E-state index in [1.807, 2.05) is 0 Å². The fraction of sp³-hybridized carbons (Fsp3) is 1.00. The van der Waals surface area contributed by atoms with E-state index in [-0.39, 0.29) is 10.1 Å². The highest BCUT2D eigenvalue weighted by atomic mass is 28.4. The molecule has 2 N–H and O–H groups in total. The van der Waals surface area contributed by atoms with E-state index in [1.54, 1.807) is 0 Å². The third-order valence-corrected chi connectivity index (χ3v) is 14.2. The molecule has 1 rings (SSSR count). The van der Waals surface area contributed by atoms with Gasteiger partial charge < -0.3 is 14.5 Å². The van der Waals surface area contributed by atoms with Crippen LogP contribution < -0.4 is 5.32 Å². The molecule has 0 aromatic heterocycles. The van der Waals surface area contributed by atoms with Gasteiger partial charge in [0.1, 0.15) is 0 Å². The van der Waals surface area contributed by atoms with Gasteiger partial charge in [-0.2, -0.15) is 0 Å². The van der Waals surface area contributed by atoms with E-state index in [0.717, 1.165) is 19.6 Å². The molecule has 1 aliphatic heterocycles. The molecule has 1 aliphatic rings. The monoisotopic (exact) mass is 345 g/mol. The minimum absolute atomic E-state index is 0.0779. The van der Waals surface area contributed by atoms with Gasteiger partial charge in [0.05, 0.1) is 0 Å². The predicted molar refractivity (Wildman–Crippen MR) is 101 cm³/mol. The first-order valence-electron chi connectivity index (χ1n) is 8.75. The predicted octanol–water partition coefficient (Wildman–Crippen LogP) is 4.35. The fourth-order valence-electron chi connectivity index (χ4n) is 2.68. The van der Waals surface area contributed by atoms with Crippen LogP contribution in [0.15, 0.2) is 0 Å². The van der Waals surface area contributed by atoms with Crippen LogP contribution in [0.3, 0.4) is 0 Å². The van der Waals surface area contributed by atoms with Gasteiger partial charge in [-0.05, 0) is 61.6 Å². The summed E-state index contributed by atoms with van der Waals surface area (Å²) in [5, 5.41) is 3.99. The summed E-state index contributed by atoms with van der Waals surface area (Å²) in [5.74, 6) is 0.668. The van der Waals surface area contributed by atoms with E-state index < -0.39 is 16.6 Å². The molecule has 132 valence electrons. The summed E-state index contributed by atoms with van der Waals surface area (Å²) < 4.78 is 6.36. The molecule has 0 saturated carbocycles. The molecule has 5 heteroatoms. The van der Waals surface area contributed by atoms with Crippen molar-refractivity contribution in [1.82, 2.24) is 5.32 Å². The zero-order valence-corrected chi connectivity index (χ0v) is 18.3. The lowest BCUT2D eigenvalue weighted by Crippen LogP contribution is -2.43. The van der Waals surface area contributed by atoms with Gasteiger partial charge in [-0.15, -0.1) is 0 Å². The topological polar surface area (TPSA) is 41.5 Å². The Morgan fingerprint density at radius 1 is 1.09 bits per heavy atom. The summed E-state index contributed by atoms with van der Waals surface area (Å²) in [4.78, 5) is 10.5. The summed E-state index contributed by atoms with van der Waals surface area (Å²) in [6.07, 6.45) is 2.30. The van der Waals surface area contributed by atoms with E-state index >= 15 is 0 Å². The highest BCUT2D eigenvalue weighted by Crippen LogP contribution is 2.43. The highest BCUT2D eigenvalue weighted by molar-refractivity contribution is 6.74. The second kappa shape index (κ2) is 6.67. The quantitative estimate of drug-likeness (QED) is 0.703. The van der Waals surface area contributed by atoms with E-state index in [4.69, 9.17) is 4.43 Å². The van der Waals surface area contributed by atoms with Crippen molar-refractivity contribution in [3.63, 3.8) is 0 Å². The zero-order chi connectivity index (χ0) is 17.4. The molecule has 0 aliphatic carbocycles. The molecule has 1 fully saturated rings. The van der Waals surface area contributed by atoms with Crippen molar-refractivity contribution in [3.8, 4) is 0 Å². The Bertz CT molecular complexity index is 370. The Balaban J connectivity index is 2.48. The fourth-order valence-corrected chi connectivity index (χ4v) is 4.52. The molecule has 0 amide bonds. The molecule has 0 radical (unpaired) electrons. The standard InChI is InChI=1S/C17H39NO2Si2/c1-16(2,3)22(8,9)20-13-15-10-14(12-18-15)11-17(4,5)21(6,7)19/h14-15,18-19H,10-13H2,1-9H3/t14-,15-/m0/s1. The van der Waals surface area contributed by atoms with Crippen molar-refractivity contribution in [2.24, 2.45) is 5.92 Å². The van der Waals surface area contributed by atoms with Crippen LogP contribution in [0.5, 0.6) is 0 Å². The molecule has 0 aromatic carbocycles. The molecule has 1 saturated heterocycles. The molecule has 22 heavy (non-hydrogen) atoms. The maximum atomic E-state index is 10.5. The van der Waals surface area contributed by atoms with E-state index in [2.05, 4.69) is 66.1 Å². The van der Waals surface area contributed by atoms with E-state index in [1.165, 1.54) is 6.42 Å². The third kappa shape index (κ3) is 5.16. The average molecular weight is 346 g/mol. The van der Waals surface area contributed by atoms with Gasteiger partial charge in [-0.25, -0.2) is 0 Å².